The van der Waals surface area contributed by atoms with E-state index in [0.717, 1.165) is 25.7 Å². The molecule has 4 aliphatic rings. The summed E-state index contributed by atoms with van der Waals surface area (Å²) in [7, 11) is 0. The Labute approximate surface area is 162 Å². The lowest BCUT2D eigenvalue weighted by atomic mass is 9.70. The fourth-order valence-corrected chi connectivity index (χ4v) is 7.56. The van der Waals surface area contributed by atoms with Crippen LogP contribution in [0.4, 0.5) is 0 Å². The predicted octanol–water partition coefficient (Wildman–Crippen LogP) is 4.25. The zero-order valence-electron chi connectivity index (χ0n) is 17.7. The van der Waals surface area contributed by atoms with Gasteiger partial charge in [-0.1, -0.05) is 41.5 Å². The summed E-state index contributed by atoms with van der Waals surface area (Å²) in [4.78, 5) is 37.8. The van der Waals surface area contributed by atoms with Gasteiger partial charge in [0.1, 0.15) is 11.6 Å². The van der Waals surface area contributed by atoms with Crippen LogP contribution in [-0.4, -0.2) is 29.7 Å². The Morgan fingerprint density at radius 1 is 0.815 bits per heavy atom. The van der Waals surface area contributed by atoms with Crippen molar-refractivity contribution in [1.29, 1.82) is 0 Å². The first-order chi connectivity index (χ1) is 12.4. The van der Waals surface area contributed by atoms with Crippen LogP contribution < -0.4 is 0 Å². The first-order valence-electron chi connectivity index (χ1n) is 10.6. The molecule has 4 rings (SSSR count). The van der Waals surface area contributed by atoms with E-state index in [2.05, 4.69) is 46.8 Å². The molecule has 27 heavy (non-hydrogen) atoms. The summed E-state index contributed by atoms with van der Waals surface area (Å²) in [6.45, 7) is 13.7. The van der Waals surface area contributed by atoms with E-state index >= 15 is 0 Å². The van der Waals surface area contributed by atoms with Crippen LogP contribution in [0.5, 0.6) is 0 Å². The first-order valence-corrected chi connectivity index (χ1v) is 10.6. The molecule has 4 fully saturated rings. The van der Waals surface area contributed by atoms with Gasteiger partial charge >= 0.3 is 0 Å². The van der Waals surface area contributed by atoms with Crippen molar-refractivity contribution in [2.24, 2.45) is 50.6 Å². The molecule has 0 aromatic heterocycles. The van der Waals surface area contributed by atoms with E-state index in [1.807, 2.05) is 0 Å². The molecule has 4 aliphatic carbocycles. The SMILES string of the molecule is CC1(C)[C@H]2CC[C@@]1(C)C(=O)[C@@H]2CN(C[C@H]1C(=O)[C@]2(C)CC[C@@H]1C2(C)C)N=O. The van der Waals surface area contributed by atoms with Gasteiger partial charge in [-0.2, -0.15) is 0 Å². The normalized spacial score (nSPS) is 46.3. The van der Waals surface area contributed by atoms with Crippen molar-refractivity contribution < 1.29 is 9.59 Å². The Hall–Kier alpha value is -1.26. The van der Waals surface area contributed by atoms with Crippen molar-refractivity contribution in [3.63, 3.8) is 0 Å². The van der Waals surface area contributed by atoms with Gasteiger partial charge in [0.25, 0.3) is 0 Å². The van der Waals surface area contributed by atoms with E-state index in [1.165, 1.54) is 5.01 Å². The maximum Gasteiger partial charge on any atom is 0.144 e. The molecule has 0 heterocycles. The van der Waals surface area contributed by atoms with Gasteiger partial charge < -0.3 is 0 Å². The Kier molecular flexibility index (Phi) is 3.83. The molecule has 0 spiro atoms. The van der Waals surface area contributed by atoms with Crippen LogP contribution in [0.25, 0.3) is 0 Å². The third-order valence-electron chi connectivity index (χ3n) is 10.3. The number of ketones is 2. The number of fused-ring (bicyclic) bond motifs is 4. The van der Waals surface area contributed by atoms with Gasteiger partial charge in [-0.05, 0) is 48.3 Å². The fraction of sp³-hybridized carbons (Fsp3) is 0.909. The molecule has 0 amide bonds. The minimum absolute atomic E-state index is 0.0268. The minimum Gasteiger partial charge on any atom is -0.299 e. The van der Waals surface area contributed by atoms with Crippen LogP contribution >= 0.6 is 0 Å². The van der Waals surface area contributed by atoms with Crippen LogP contribution in [0.2, 0.25) is 0 Å². The highest BCUT2D eigenvalue weighted by atomic mass is 16.3. The Morgan fingerprint density at radius 2 is 1.19 bits per heavy atom. The number of nitroso groups, excluding NO2 is 1. The number of hydrogen-bond acceptors (Lipinski definition) is 4. The van der Waals surface area contributed by atoms with Crippen molar-refractivity contribution in [1.82, 2.24) is 5.01 Å². The lowest BCUT2D eigenvalue weighted by molar-refractivity contribution is -0.132. The minimum atomic E-state index is -0.283. The summed E-state index contributed by atoms with van der Waals surface area (Å²) >= 11 is 0. The van der Waals surface area contributed by atoms with Gasteiger partial charge in [0.2, 0.25) is 0 Å². The summed E-state index contributed by atoms with van der Waals surface area (Å²) in [5.41, 5.74) is -0.620. The van der Waals surface area contributed by atoms with Crippen LogP contribution in [0.1, 0.15) is 67.2 Å². The number of rotatable bonds is 5. The van der Waals surface area contributed by atoms with Crippen molar-refractivity contribution in [3.8, 4) is 0 Å². The standard InChI is InChI=1S/C22H34N2O3/c1-19(2)15-7-9-21(19,5)17(25)13(15)11-24(23-27)12-14-16-8-10-22(6,18(14)26)20(16,3)4/h13-16H,7-12H2,1-6H3/t13-,14-,15+,16+,21+,22+/m1/s1. The maximum atomic E-state index is 13.1. The van der Waals surface area contributed by atoms with Crippen LogP contribution in [0.3, 0.4) is 0 Å². The van der Waals surface area contributed by atoms with E-state index in [1.54, 1.807) is 0 Å². The average Bonchev–Trinajstić information content (AvgIpc) is 3.07. The van der Waals surface area contributed by atoms with Gasteiger partial charge in [-0.15, -0.1) is 4.91 Å². The molecule has 0 N–H and O–H groups in total. The molecular formula is C22H34N2O3. The molecule has 0 saturated heterocycles. The van der Waals surface area contributed by atoms with Gasteiger partial charge in [0, 0.05) is 35.8 Å². The Bertz CT molecular complexity index is 658. The number of carbonyl (C=O) groups is 2. The molecule has 5 heteroatoms. The van der Waals surface area contributed by atoms with Crippen LogP contribution in [0, 0.1) is 50.2 Å². The molecule has 6 atom stereocenters. The summed E-state index contributed by atoms with van der Waals surface area (Å²) in [6.07, 6.45) is 3.99. The van der Waals surface area contributed by atoms with E-state index < -0.39 is 0 Å². The van der Waals surface area contributed by atoms with Gasteiger partial charge in [-0.3, -0.25) is 14.6 Å². The van der Waals surface area contributed by atoms with E-state index in [-0.39, 0.29) is 33.5 Å². The van der Waals surface area contributed by atoms with Gasteiger partial charge in [0.15, 0.2) is 0 Å². The molecular weight excluding hydrogens is 340 g/mol. The molecule has 0 aliphatic heterocycles. The predicted molar refractivity (Wildman–Crippen MR) is 104 cm³/mol. The smallest absolute Gasteiger partial charge is 0.144 e. The zero-order valence-corrected chi connectivity index (χ0v) is 17.7. The summed E-state index contributed by atoms with van der Waals surface area (Å²) in [5.74, 6) is 0.947. The van der Waals surface area contributed by atoms with Crippen molar-refractivity contribution in [2.45, 2.75) is 67.2 Å². The summed E-state index contributed by atoms with van der Waals surface area (Å²) in [5, 5.41) is 4.78. The van der Waals surface area contributed by atoms with Crippen LogP contribution in [0.15, 0.2) is 5.29 Å². The highest BCUT2D eigenvalue weighted by Gasteiger charge is 2.68. The second kappa shape index (κ2) is 5.42. The van der Waals surface area contributed by atoms with E-state index in [9.17, 15) is 14.5 Å². The number of Topliss-reactive ketones (excluding diaryl/α,β-unsaturated/α-hetero) is 2. The third kappa shape index (κ3) is 2.06. The molecule has 5 nitrogen and oxygen atoms in total. The Morgan fingerprint density at radius 3 is 1.44 bits per heavy atom. The van der Waals surface area contributed by atoms with Crippen molar-refractivity contribution in [3.05, 3.63) is 4.91 Å². The monoisotopic (exact) mass is 374 g/mol. The molecule has 0 unspecified atom stereocenters. The molecule has 150 valence electrons. The van der Waals surface area contributed by atoms with Gasteiger partial charge in [0.05, 0.1) is 5.29 Å². The van der Waals surface area contributed by atoms with E-state index in [4.69, 9.17) is 0 Å². The fourth-order valence-electron chi connectivity index (χ4n) is 7.56. The average molecular weight is 375 g/mol. The Balaban J connectivity index is 1.52. The molecule has 0 aromatic rings. The quantitative estimate of drug-likeness (QED) is 0.533. The zero-order chi connectivity index (χ0) is 20.0. The number of nitrogens with zero attached hydrogens (tertiary/aromatic N) is 2. The molecule has 0 radical (unpaired) electrons. The van der Waals surface area contributed by atoms with Crippen molar-refractivity contribution in [2.75, 3.05) is 13.1 Å². The number of hydrogen-bond donors (Lipinski definition) is 0. The first kappa shape index (κ1) is 19.1. The highest BCUT2D eigenvalue weighted by molar-refractivity contribution is 5.92. The second-order valence-electron chi connectivity index (χ2n) is 11.3. The summed E-state index contributed by atoms with van der Waals surface area (Å²) in [6, 6.07) is 0. The maximum absolute atomic E-state index is 13.1. The molecule has 4 bridgehead atoms. The lowest BCUT2D eigenvalue weighted by Gasteiger charge is -2.32. The van der Waals surface area contributed by atoms with Crippen molar-refractivity contribution >= 4 is 11.6 Å². The topological polar surface area (TPSA) is 66.8 Å². The van der Waals surface area contributed by atoms with Gasteiger partial charge in [-0.25, -0.2) is 0 Å². The lowest BCUT2D eigenvalue weighted by Crippen LogP contribution is -2.41. The third-order valence-corrected chi connectivity index (χ3v) is 10.3. The van der Waals surface area contributed by atoms with E-state index in [0.29, 0.717) is 36.5 Å². The highest BCUT2D eigenvalue weighted by Crippen LogP contribution is 2.67. The molecule has 4 saturated carbocycles. The number of carbonyl (C=O) groups excluding carboxylic acids is 2. The molecule has 0 aromatic carbocycles. The largest absolute Gasteiger partial charge is 0.299 e. The summed E-state index contributed by atoms with van der Waals surface area (Å²) < 4.78 is 0. The van der Waals surface area contributed by atoms with Crippen LogP contribution in [-0.2, 0) is 9.59 Å². The second-order valence-corrected chi connectivity index (χ2v) is 11.3.